The number of nitrogens with one attached hydrogen (secondary N) is 1. The second-order valence-corrected chi connectivity index (χ2v) is 9.36. The number of ether oxygens (including phenoxy) is 1. The summed E-state index contributed by atoms with van der Waals surface area (Å²) in [5.41, 5.74) is -1.06. The fraction of sp³-hybridized carbons (Fsp3) is 0.812. The molecule has 1 unspecified atom stereocenters. The van der Waals surface area contributed by atoms with Gasteiger partial charge in [0.2, 0.25) is 11.8 Å². The van der Waals surface area contributed by atoms with Crippen LogP contribution in [0.4, 0.5) is 4.79 Å². The van der Waals surface area contributed by atoms with Crippen LogP contribution in [-0.2, 0) is 24.2 Å². The summed E-state index contributed by atoms with van der Waals surface area (Å²) in [7, 11) is -3.09. The summed E-state index contributed by atoms with van der Waals surface area (Å²) < 4.78 is 28.0. The zero-order valence-electron chi connectivity index (χ0n) is 14.9. The van der Waals surface area contributed by atoms with E-state index >= 15 is 0 Å². The lowest BCUT2D eigenvalue weighted by molar-refractivity contribution is -0.145. The number of amides is 3. The molecule has 2 aliphatic heterocycles. The highest BCUT2D eigenvalue weighted by atomic mass is 32.2. The van der Waals surface area contributed by atoms with Crippen LogP contribution in [0.15, 0.2) is 0 Å². The van der Waals surface area contributed by atoms with E-state index in [0.29, 0.717) is 52.0 Å². The lowest BCUT2D eigenvalue weighted by Crippen LogP contribution is -2.55. The first-order chi connectivity index (χ1) is 12.3. The molecule has 9 nitrogen and oxygen atoms in total. The number of carbonyl (C=O) groups is 3. The molecule has 1 saturated carbocycles. The molecule has 3 rings (SSSR count). The molecule has 0 bridgehead atoms. The second-order valence-electron chi connectivity index (χ2n) is 7.13. The smallest absolute Gasteiger partial charge is 0.409 e. The number of carbonyl (C=O) groups excluding carboxylic acids is 3. The molecule has 1 N–H and O–H groups in total. The van der Waals surface area contributed by atoms with Crippen molar-refractivity contribution >= 4 is 27.7 Å². The van der Waals surface area contributed by atoms with E-state index in [1.165, 1.54) is 0 Å². The van der Waals surface area contributed by atoms with Crippen LogP contribution in [0.3, 0.4) is 0 Å². The van der Waals surface area contributed by atoms with Crippen molar-refractivity contribution in [3.8, 4) is 0 Å². The first-order valence-electron chi connectivity index (χ1n) is 9.00. The topological polar surface area (TPSA) is 113 Å². The van der Waals surface area contributed by atoms with Crippen LogP contribution in [0, 0.1) is 5.41 Å². The molecule has 0 spiro atoms. The first kappa shape index (κ1) is 18.9. The van der Waals surface area contributed by atoms with Gasteiger partial charge in [0, 0.05) is 32.2 Å². The SMILES string of the molecule is CCOC(=O)N1CCN(C(=O)C2(C(=O)NC3CCS(=O)(=O)C3)CC2)CC1. The molecule has 1 aliphatic carbocycles. The van der Waals surface area contributed by atoms with Crippen LogP contribution in [-0.4, -0.2) is 86.5 Å². The summed E-state index contributed by atoms with van der Waals surface area (Å²) in [5.74, 6) is -0.563. The second kappa shape index (κ2) is 7.05. The van der Waals surface area contributed by atoms with E-state index in [4.69, 9.17) is 4.74 Å². The normalized spacial score (nSPS) is 26.3. The number of nitrogens with zero attached hydrogens (tertiary/aromatic N) is 2. The van der Waals surface area contributed by atoms with E-state index < -0.39 is 21.3 Å². The van der Waals surface area contributed by atoms with E-state index in [2.05, 4.69) is 5.32 Å². The van der Waals surface area contributed by atoms with Gasteiger partial charge in [-0.25, -0.2) is 13.2 Å². The highest BCUT2D eigenvalue weighted by molar-refractivity contribution is 7.91. The Morgan fingerprint density at radius 2 is 1.73 bits per heavy atom. The van der Waals surface area contributed by atoms with E-state index in [1.54, 1.807) is 16.7 Å². The minimum absolute atomic E-state index is 0.0543. The van der Waals surface area contributed by atoms with Gasteiger partial charge in [-0.15, -0.1) is 0 Å². The standard InChI is InChI=1S/C16H25N3O6S/c1-2-25-15(22)19-8-6-18(7-9-19)14(21)16(4-5-16)13(20)17-12-3-10-26(23,24)11-12/h12H,2-11H2,1H3,(H,17,20). The Balaban J connectivity index is 1.54. The largest absolute Gasteiger partial charge is 0.450 e. The summed E-state index contributed by atoms with van der Waals surface area (Å²) >= 11 is 0. The van der Waals surface area contributed by atoms with Gasteiger partial charge in [-0.1, -0.05) is 0 Å². The number of piperazine rings is 1. The van der Waals surface area contributed by atoms with Crippen LogP contribution in [0.1, 0.15) is 26.2 Å². The van der Waals surface area contributed by atoms with Crippen molar-refractivity contribution in [2.45, 2.75) is 32.2 Å². The van der Waals surface area contributed by atoms with Crippen molar-refractivity contribution in [1.29, 1.82) is 0 Å². The molecule has 2 heterocycles. The molecule has 0 aromatic rings. The third-order valence-corrected chi connectivity index (χ3v) is 7.02. The fourth-order valence-corrected chi connectivity index (χ4v) is 5.18. The highest BCUT2D eigenvalue weighted by Crippen LogP contribution is 2.47. The van der Waals surface area contributed by atoms with Gasteiger partial charge in [0.1, 0.15) is 5.41 Å². The monoisotopic (exact) mass is 387 g/mol. The molecule has 1 atom stereocenters. The Hall–Kier alpha value is -1.84. The Morgan fingerprint density at radius 1 is 1.12 bits per heavy atom. The summed E-state index contributed by atoms with van der Waals surface area (Å²) in [6.07, 6.45) is 0.974. The van der Waals surface area contributed by atoms with E-state index in [1.807, 2.05) is 0 Å². The van der Waals surface area contributed by atoms with Crippen molar-refractivity contribution in [2.75, 3.05) is 44.3 Å². The van der Waals surface area contributed by atoms with Crippen LogP contribution >= 0.6 is 0 Å². The highest BCUT2D eigenvalue weighted by Gasteiger charge is 2.58. The lowest BCUT2D eigenvalue weighted by Gasteiger charge is -2.35. The summed E-state index contributed by atoms with van der Waals surface area (Å²) in [4.78, 5) is 40.3. The molecule has 26 heavy (non-hydrogen) atoms. The number of hydrogen-bond donors (Lipinski definition) is 1. The lowest BCUT2D eigenvalue weighted by atomic mass is 10.0. The Kier molecular flexibility index (Phi) is 5.14. The quantitative estimate of drug-likeness (QED) is 0.643. The average molecular weight is 387 g/mol. The molecule has 0 radical (unpaired) electrons. The predicted molar refractivity (Wildman–Crippen MR) is 92.0 cm³/mol. The van der Waals surface area contributed by atoms with Crippen molar-refractivity contribution < 1.29 is 27.5 Å². The zero-order valence-corrected chi connectivity index (χ0v) is 15.7. The summed E-state index contributed by atoms with van der Waals surface area (Å²) in [5, 5.41) is 2.75. The van der Waals surface area contributed by atoms with E-state index in [9.17, 15) is 22.8 Å². The molecular formula is C16H25N3O6S. The Bertz CT molecular complexity index is 695. The third kappa shape index (κ3) is 3.79. The molecule has 3 fully saturated rings. The van der Waals surface area contributed by atoms with Gasteiger partial charge < -0.3 is 19.9 Å². The van der Waals surface area contributed by atoms with Crippen LogP contribution in [0.2, 0.25) is 0 Å². The Morgan fingerprint density at radius 3 is 2.23 bits per heavy atom. The molecule has 0 aromatic carbocycles. The maximum absolute atomic E-state index is 12.8. The molecular weight excluding hydrogens is 362 g/mol. The van der Waals surface area contributed by atoms with Crippen molar-refractivity contribution in [2.24, 2.45) is 5.41 Å². The molecule has 146 valence electrons. The molecule has 2 saturated heterocycles. The third-order valence-electron chi connectivity index (χ3n) is 5.25. The van der Waals surface area contributed by atoms with Gasteiger partial charge in [-0.2, -0.15) is 0 Å². The van der Waals surface area contributed by atoms with Gasteiger partial charge in [0.15, 0.2) is 9.84 Å². The zero-order chi connectivity index (χ0) is 18.9. The maximum atomic E-state index is 12.8. The summed E-state index contributed by atoms with van der Waals surface area (Å²) in [6.45, 7) is 3.53. The minimum atomic E-state index is -3.09. The number of rotatable bonds is 4. The van der Waals surface area contributed by atoms with Crippen molar-refractivity contribution in [3.63, 3.8) is 0 Å². The van der Waals surface area contributed by atoms with Crippen molar-refractivity contribution in [3.05, 3.63) is 0 Å². The summed E-state index contributed by atoms with van der Waals surface area (Å²) in [6, 6.07) is -0.404. The van der Waals surface area contributed by atoms with Gasteiger partial charge in [0.25, 0.3) is 0 Å². The average Bonchev–Trinajstić information content (AvgIpc) is 3.35. The van der Waals surface area contributed by atoms with Crippen LogP contribution in [0.25, 0.3) is 0 Å². The molecule has 0 aromatic heterocycles. The maximum Gasteiger partial charge on any atom is 0.409 e. The Labute approximate surface area is 152 Å². The van der Waals surface area contributed by atoms with E-state index in [0.717, 1.165) is 0 Å². The minimum Gasteiger partial charge on any atom is -0.450 e. The van der Waals surface area contributed by atoms with Crippen LogP contribution < -0.4 is 5.32 Å². The van der Waals surface area contributed by atoms with Gasteiger partial charge in [0.05, 0.1) is 18.1 Å². The first-order valence-corrected chi connectivity index (χ1v) is 10.8. The number of sulfone groups is 1. The predicted octanol–water partition coefficient (Wildman–Crippen LogP) is -0.629. The molecule has 3 amide bonds. The molecule has 3 aliphatic rings. The number of hydrogen-bond acceptors (Lipinski definition) is 6. The van der Waals surface area contributed by atoms with Crippen LogP contribution in [0.5, 0.6) is 0 Å². The molecule has 10 heteroatoms. The van der Waals surface area contributed by atoms with Gasteiger partial charge >= 0.3 is 6.09 Å². The van der Waals surface area contributed by atoms with Gasteiger partial charge in [-0.3, -0.25) is 9.59 Å². The van der Waals surface area contributed by atoms with Crippen molar-refractivity contribution in [1.82, 2.24) is 15.1 Å². The fourth-order valence-electron chi connectivity index (χ4n) is 3.50. The van der Waals surface area contributed by atoms with E-state index in [-0.39, 0.29) is 29.4 Å². The van der Waals surface area contributed by atoms with Gasteiger partial charge in [-0.05, 0) is 26.2 Å².